The lowest BCUT2D eigenvalue weighted by Gasteiger charge is -2.18. The number of ether oxygens (including phenoxy) is 3. The Balaban J connectivity index is 4.43. The fourth-order valence-electron chi connectivity index (χ4n) is 8.33. The van der Waals surface area contributed by atoms with Crippen LogP contribution in [0.4, 0.5) is 0 Å². The molecule has 0 N–H and O–H groups in total. The van der Waals surface area contributed by atoms with Gasteiger partial charge in [0.25, 0.3) is 0 Å². The van der Waals surface area contributed by atoms with Crippen molar-refractivity contribution in [2.24, 2.45) is 0 Å². The summed E-state index contributed by atoms with van der Waals surface area (Å²) >= 11 is 0. The molecule has 0 rings (SSSR count). The molecular formula is C66H112O6. The van der Waals surface area contributed by atoms with Crippen molar-refractivity contribution in [1.82, 2.24) is 0 Å². The average Bonchev–Trinajstić information content (AvgIpc) is 3.38. The van der Waals surface area contributed by atoms with Gasteiger partial charge in [0.1, 0.15) is 13.2 Å². The van der Waals surface area contributed by atoms with Gasteiger partial charge < -0.3 is 14.2 Å². The Labute approximate surface area is 445 Å². The van der Waals surface area contributed by atoms with E-state index in [0.29, 0.717) is 19.3 Å². The minimum Gasteiger partial charge on any atom is -0.462 e. The summed E-state index contributed by atoms with van der Waals surface area (Å²) in [6, 6.07) is 0. The van der Waals surface area contributed by atoms with Crippen LogP contribution in [0.5, 0.6) is 0 Å². The first-order valence-corrected chi connectivity index (χ1v) is 30.2. The Morgan fingerprint density at radius 3 is 0.875 bits per heavy atom. The van der Waals surface area contributed by atoms with Crippen molar-refractivity contribution in [3.63, 3.8) is 0 Å². The number of rotatable bonds is 54. The molecule has 0 aromatic carbocycles. The molecule has 6 nitrogen and oxygen atoms in total. The lowest BCUT2D eigenvalue weighted by atomic mass is 10.1. The Hall–Kier alpha value is -3.67. The number of hydrogen-bond acceptors (Lipinski definition) is 6. The topological polar surface area (TPSA) is 78.9 Å². The monoisotopic (exact) mass is 1000 g/mol. The number of carbonyl (C=O) groups excluding carboxylic acids is 3. The summed E-state index contributed by atoms with van der Waals surface area (Å²) in [4.78, 5) is 38.3. The maximum atomic E-state index is 12.9. The van der Waals surface area contributed by atoms with E-state index in [1.165, 1.54) is 135 Å². The van der Waals surface area contributed by atoms with Gasteiger partial charge in [-0.05, 0) is 116 Å². The highest BCUT2D eigenvalue weighted by Gasteiger charge is 2.19. The molecule has 0 aromatic heterocycles. The number of allylic oxidation sites excluding steroid dienone is 16. The summed E-state index contributed by atoms with van der Waals surface area (Å²) in [6.45, 7) is 6.40. The van der Waals surface area contributed by atoms with Crippen LogP contribution in [0.1, 0.15) is 284 Å². The van der Waals surface area contributed by atoms with Crippen LogP contribution < -0.4 is 0 Å². The van der Waals surface area contributed by atoms with E-state index in [2.05, 4.69) is 118 Å². The van der Waals surface area contributed by atoms with E-state index < -0.39 is 6.10 Å². The molecule has 0 aliphatic carbocycles. The minimum atomic E-state index is -0.797. The fraction of sp³-hybridized carbons (Fsp3) is 0.712. The zero-order valence-electron chi connectivity index (χ0n) is 47.2. The smallest absolute Gasteiger partial charge is 0.306 e. The predicted octanol–water partition coefficient (Wildman–Crippen LogP) is 20.5. The third kappa shape index (κ3) is 57.2. The third-order valence-electron chi connectivity index (χ3n) is 12.8. The zero-order chi connectivity index (χ0) is 52.2. The highest BCUT2D eigenvalue weighted by molar-refractivity contribution is 5.71. The van der Waals surface area contributed by atoms with E-state index in [1.54, 1.807) is 0 Å². The molecule has 72 heavy (non-hydrogen) atoms. The molecule has 0 bridgehead atoms. The molecule has 0 aliphatic heterocycles. The second-order valence-electron chi connectivity index (χ2n) is 19.8. The molecule has 0 heterocycles. The predicted molar refractivity (Wildman–Crippen MR) is 311 cm³/mol. The molecule has 0 amide bonds. The average molecular weight is 1000 g/mol. The summed E-state index contributed by atoms with van der Waals surface area (Å²) in [7, 11) is 0. The Morgan fingerprint density at radius 1 is 0.292 bits per heavy atom. The van der Waals surface area contributed by atoms with E-state index in [9.17, 15) is 14.4 Å². The lowest BCUT2D eigenvalue weighted by molar-refractivity contribution is -0.167. The number of esters is 3. The van der Waals surface area contributed by atoms with Gasteiger partial charge >= 0.3 is 17.9 Å². The highest BCUT2D eigenvalue weighted by Crippen LogP contribution is 2.15. The SMILES string of the molecule is CC/C=C\C/C=C\C/C=C\C/C=C\CCCCCC(=O)OCC(COC(=O)CCCCCCCCCCC/C=C\C/C=C\C/C=C\CC)OC(=O)CCCCCCCCC/C=C\CCCCCCCCCC. The Kier molecular flexibility index (Phi) is 56.8. The van der Waals surface area contributed by atoms with E-state index >= 15 is 0 Å². The Bertz CT molecular complexity index is 1430. The summed E-state index contributed by atoms with van der Waals surface area (Å²) in [6.07, 6.45) is 79.7. The van der Waals surface area contributed by atoms with Gasteiger partial charge in [-0.3, -0.25) is 14.4 Å². The van der Waals surface area contributed by atoms with Crippen molar-refractivity contribution in [1.29, 1.82) is 0 Å². The van der Waals surface area contributed by atoms with Gasteiger partial charge in [-0.15, -0.1) is 0 Å². The van der Waals surface area contributed by atoms with Crippen molar-refractivity contribution in [2.45, 2.75) is 290 Å². The summed E-state index contributed by atoms with van der Waals surface area (Å²) in [5.41, 5.74) is 0. The van der Waals surface area contributed by atoms with E-state index in [1.807, 2.05) is 0 Å². The van der Waals surface area contributed by atoms with Crippen LogP contribution in [0.25, 0.3) is 0 Å². The molecule has 0 aliphatic rings. The second kappa shape index (κ2) is 59.9. The van der Waals surface area contributed by atoms with Gasteiger partial charge in [0.15, 0.2) is 6.10 Å². The molecule has 0 saturated carbocycles. The van der Waals surface area contributed by atoms with Crippen LogP contribution in [0.3, 0.4) is 0 Å². The van der Waals surface area contributed by atoms with Gasteiger partial charge in [0.05, 0.1) is 0 Å². The van der Waals surface area contributed by atoms with Crippen molar-refractivity contribution in [3.8, 4) is 0 Å². The molecule has 0 aromatic rings. The lowest BCUT2D eigenvalue weighted by Crippen LogP contribution is -2.30. The summed E-state index contributed by atoms with van der Waals surface area (Å²) in [5.74, 6) is -0.927. The number of hydrogen-bond donors (Lipinski definition) is 0. The van der Waals surface area contributed by atoms with E-state index in [4.69, 9.17) is 14.2 Å². The second-order valence-corrected chi connectivity index (χ2v) is 19.8. The molecule has 0 fully saturated rings. The van der Waals surface area contributed by atoms with Gasteiger partial charge in [0, 0.05) is 19.3 Å². The molecule has 0 radical (unpaired) electrons. The summed E-state index contributed by atoms with van der Waals surface area (Å²) in [5, 5.41) is 0. The molecule has 1 atom stereocenters. The van der Waals surface area contributed by atoms with Crippen LogP contribution in [0.15, 0.2) is 97.2 Å². The number of carbonyl (C=O) groups is 3. The molecule has 1 unspecified atom stereocenters. The van der Waals surface area contributed by atoms with Crippen LogP contribution in [-0.4, -0.2) is 37.2 Å². The van der Waals surface area contributed by atoms with Crippen LogP contribution in [0, 0.1) is 0 Å². The summed E-state index contributed by atoms with van der Waals surface area (Å²) < 4.78 is 16.9. The van der Waals surface area contributed by atoms with Gasteiger partial charge in [-0.1, -0.05) is 246 Å². The van der Waals surface area contributed by atoms with Gasteiger partial charge in [-0.25, -0.2) is 0 Å². The normalized spacial score (nSPS) is 12.8. The molecular weight excluding hydrogens is 889 g/mol. The molecule has 6 heteroatoms. The first kappa shape index (κ1) is 68.3. The maximum Gasteiger partial charge on any atom is 0.306 e. The minimum absolute atomic E-state index is 0.0924. The van der Waals surface area contributed by atoms with Crippen molar-refractivity contribution >= 4 is 17.9 Å². The van der Waals surface area contributed by atoms with E-state index in [0.717, 1.165) is 109 Å². The van der Waals surface area contributed by atoms with Gasteiger partial charge in [-0.2, -0.15) is 0 Å². The Morgan fingerprint density at radius 2 is 0.542 bits per heavy atom. The van der Waals surface area contributed by atoms with Gasteiger partial charge in [0.2, 0.25) is 0 Å². The quantitative estimate of drug-likeness (QED) is 0.0261. The van der Waals surface area contributed by atoms with Crippen LogP contribution >= 0.6 is 0 Å². The van der Waals surface area contributed by atoms with Crippen molar-refractivity contribution in [2.75, 3.05) is 13.2 Å². The number of unbranched alkanes of at least 4 members (excludes halogenated alkanes) is 27. The third-order valence-corrected chi connectivity index (χ3v) is 12.8. The largest absolute Gasteiger partial charge is 0.462 e. The molecule has 0 spiro atoms. The molecule has 412 valence electrons. The molecule has 0 saturated heterocycles. The standard InChI is InChI=1S/C66H112O6/c1-4-7-10-13-16-19-22-25-28-31-33-35-38-41-44-47-50-53-56-59-65(68)71-62-63(61-70-64(67)58-55-52-49-46-43-40-37-30-27-24-21-18-15-12-9-6-3)72-66(69)60-57-54-51-48-45-42-39-36-34-32-29-26-23-20-17-14-11-8-5-2/h7,9-10,12,16,18-19,21,25,27-28,30,32,34,40,43,63H,4-6,8,11,13-15,17,20,22-24,26,29,31,33,35-39,41-42,44-62H2,1-3H3/b10-7-,12-9-,19-16-,21-18-,28-25-,30-27-,34-32-,43-40-. The first-order chi connectivity index (χ1) is 35.5. The highest BCUT2D eigenvalue weighted by atomic mass is 16.6. The zero-order valence-corrected chi connectivity index (χ0v) is 47.2. The van der Waals surface area contributed by atoms with Crippen LogP contribution in [0.2, 0.25) is 0 Å². The maximum absolute atomic E-state index is 12.9. The van der Waals surface area contributed by atoms with Crippen LogP contribution in [-0.2, 0) is 28.6 Å². The van der Waals surface area contributed by atoms with Crippen molar-refractivity contribution < 1.29 is 28.6 Å². The fourth-order valence-corrected chi connectivity index (χ4v) is 8.33. The van der Waals surface area contributed by atoms with Crippen molar-refractivity contribution in [3.05, 3.63) is 97.2 Å². The first-order valence-electron chi connectivity index (χ1n) is 30.2. The van der Waals surface area contributed by atoms with E-state index in [-0.39, 0.29) is 31.1 Å².